The molecule has 0 aliphatic carbocycles. The van der Waals surface area contributed by atoms with E-state index in [-0.39, 0.29) is 11.3 Å². The largest absolute Gasteiger partial charge is 0.256 e. The predicted octanol–water partition coefficient (Wildman–Crippen LogP) is 3.47. The van der Waals surface area contributed by atoms with Crippen molar-refractivity contribution in [1.82, 2.24) is 4.98 Å². The first-order valence-corrected chi connectivity index (χ1v) is 4.65. The topological polar surface area (TPSA) is 12.9 Å². The van der Waals surface area contributed by atoms with Gasteiger partial charge in [-0.15, -0.1) is 0 Å². The van der Waals surface area contributed by atoms with Gasteiger partial charge in [0.2, 0.25) is 0 Å². The van der Waals surface area contributed by atoms with Crippen LogP contribution in [0.25, 0.3) is 11.3 Å². The summed E-state index contributed by atoms with van der Waals surface area (Å²) >= 11 is 0. The quantitative estimate of drug-likeness (QED) is 0.674. The highest BCUT2D eigenvalue weighted by Gasteiger charge is 2.11. The number of hydrogen-bond acceptors (Lipinski definition) is 1. The fourth-order valence-electron chi connectivity index (χ4n) is 1.35. The molecule has 4 heteroatoms. The normalized spacial score (nSPS) is 10.5. The Morgan fingerprint density at radius 2 is 1.62 bits per heavy atom. The van der Waals surface area contributed by atoms with Crippen molar-refractivity contribution in [3.05, 3.63) is 53.5 Å². The Morgan fingerprint density at radius 3 is 2.25 bits per heavy atom. The molecule has 16 heavy (non-hydrogen) atoms. The van der Waals surface area contributed by atoms with Gasteiger partial charge in [-0.05, 0) is 24.6 Å². The summed E-state index contributed by atoms with van der Waals surface area (Å²) < 4.78 is 39.0. The van der Waals surface area contributed by atoms with Gasteiger partial charge in [0.25, 0.3) is 0 Å². The number of pyridine rings is 1. The van der Waals surface area contributed by atoms with Crippen molar-refractivity contribution in [2.45, 2.75) is 6.92 Å². The molecule has 82 valence electrons. The van der Waals surface area contributed by atoms with Gasteiger partial charge in [-0.3, -0.25) is 4.98 Å². The number of nitrogens with zero attached hydrogens (tertiary/aromatic N) is 1. The van der Waals surface area contributed by atoms with Gasteiger partial charge in [-0.2, -0.15) is 0 Å². The molecule has 0 atom stereocenters. The van der Waals surface area contributed by atoms with Gasteiger partial charge in [-0.25, -0.2) is 13.2 Å². The Hall–Kier alpha value is -1.84. The number of aryl methyl sites for hydroxylation is 1. The van der Waals surface area contributed by atoms with Crippen molar-refractivity contribution in [2.24, 2.45) is 0 Å². The summed E-state index contributed by atoms with van der Waals surface area (Å²) in [5, 5.41) is 0. The number of halogens is 3. The van der Waals surface area contributed by atoms with E-state index in [4.69, 9.17) is 0 Å². The number of hydrogen-bond donors (Lipinski definition) is 0. The van der Waals surface area contributed by atoms with E-state index in [1.807, 2.05) is 6.92 Å². The van der Waals surface area contributed by atoms with Gasteiger partial charge in [0.15, 0.2) is 11.6 Å². The average molecular weight is 223 g/mol. The lowest BCUT2D eigenvalue weighted by molar-refractivity contribution is 0.496. The highest BCUT2D eigenvalue weighted by molar-refractivity contribution is 5.60. The number of benzene rings is 1. The van der Waals surface area contributed by atoms with Crippen LogP contribution >= 0.6 is 0 Å². The van der Waals surface area contributed by atoms with Crippen LogP contribution in [0.5, 0.6) is 0 Å². The van der Waals surface area contributed by atoms with E-state index in [1.165, 1.54) is 6.20 Å². The average Bonchev–Trinajstić information content (AvgIpc) is 2.25. The second kappa shape index (κ2) is 3.96. The first-order chi connectivity index (χ1) is 7.58. The minimum absolute atomic E-state index is 0.0427. The van der Waals surface area contributed by atoms with E-state index in [0.29, 0.717) is 6.07 Å². The molecule has 0 N–H and O–H groups in total. The predicted molar refractivity (Wildman–Crippen MR) is 54.3 cm³/mol. The third kappa shape index (κ3) is 1.91. The van der Waals surface area contributed by atoms with Gasteiger partial charge in [0, 0.05) is 17.8 Å². The maximum absolute atomic E-state index is 13.4. The van der Waals surface area contributed by atoms with Crippen molar-refractivity contribution < 1.29 is 13.2 Å². The minimum Gasteiger partial charge on any atom is -0.256 e. The molecule has 0 aliphatic rings. The molecule has 1 aromatic carbocycles. The summed E-state index contributed by atoms with van der Waals surface area (Å²) in [6.45, 7) is 1.83. The van der Waals surface area contributed by atoms with E-state index < -0.39 is 17.5 Å². The van der Waals surface area contributed by atoms with Crippen LogP contribution in [-0.4, -0.2) is 4.98 Å². The number of rotatable bonds is 1. The summed E-state index contributed by atoms with van der Waals surface area (Å²) in [4.78, 5) is 3.95. The first kappa shape index (κ1) is 10.7. The lowest BCUT2D eigenvalue weighted by Gasteiger charge is -2.03. The van der Waals surface area contributed by atoms with Crippen molar-refractivity contribution in [2.75, 3.05) is 0 Å². The number of aromatic nitrogens is 1. The van der Waals surface area contributed by atoms with E-state index in [9.17, 15) is 13.2 Å². The summed E-state index contributed by atoms with van der Waals surface area (Å²) in [7, 11) is 0. The smallest absolute Gasteiger partial charge is 0.161 e. The van der Waals surface area contributed by atoms with Gasteiger partial charge in [-0.1, -0.05) is 6.07 Å². The molecule has 0 saturated heterocycles. The van der Waals surface area contributed by atoms with Crippen molar-refractivity contribution in [1.29, 1.82) is 0 Å². The summed E-state index contributed by atoms with van der Waals surface area (Å²) in [5.41, 5.74) is 1.15. The molecule has 0 spiro atoms. The molecule has 1 aromatic heterocycles. The fourth-order valence-corrected chi connectivity index (χ4v) is 1.35. The Kier molecular flexibility index (Phi) is 2.64. The zero-order valence-corrected chi connectivity index (χ0v) is 8.47. The van der Waals surface area contributed by atoms with Gasteiger partial charge < -0.3 is 0 Å². The zero-order valence-electron chi connectivity index (χ0n) is 8.47. The lowest BCUT2D eigenvalue weighted by Crippen LogP contribution is -1.93. The third-order valence-corrected chi connectivity index (χ3v) is 2.20. The fraction of sp³-hybridized carbons (Fsp3) is 0.0833. The monoisotopic (exact) mass is 223 g/mol. The van der Waals surface area contributed by atoms with Crippen LogP contribution in [-0.2, 0) is 0 Å². The van der Waals surface area contributed by atoms with Crippen LogP contribution in [0.2, 0.25) is 0 Å². The molecule has 0 radical (unpaired) electrons. The van der Waals surface area contributed by atoms with Crippen LogP contribution in [0.1, 0.15) is 5.56 Å². The minimum atomic E-state index is -1.20. The molecule has 0 amide bonds. The van der Waals surface area contributed by atoms with E-state index in [0.717, 1.165) is 11.6 Å². The van der Waals surface area contributed by atoms with Crippen LogP contribution in [0.4, 0.5) is 13.2 Å². The van der Waals surface area contributed by atoms with Gasteiger partial charge in [0.1, 0.15) is 5.82 Å². The SMILES string of the molecule is Cc1ccc(-c2cc(F)c(F)cc2F)nc1. The molecule has 0 aliphatic heterocycles. The van der Waals surface area contributed by atoms with Crippen LogP contribution in [0, 0.1) is 24.4 Å². The second-order valence-electron chi connectivity index (χ2n) is 3.47. The van der Waals surface area contributed by atoms with Crippen molar-refractivity contribution >= 4 is 0 Å². The third-order valence-electron chi connectivity index (χ3n) is 2.20. The maximum atomic E-state index is 13.4. The van der Waals surface area contributed by atoms with E-state index in [2.05, 4.69) is 4.98 Å². The first-order valence-electron chi connectivity index (χ1n) is 4.65. The molecule has 0 saturated carbocycles. The van der Waals surface area contributed by atoms with E-state index >= 15 is 0 Å². The van der Waals surface area contributed by atoms with Crippen LogP contribution in [0.15, 0.2) is 30.5 Å². The second-order valence-corrected chi connectivity index (χ2v) is 3.47. The Balaban J connectivity index is 2.56. The summed E-state index contributed by atoms with van der Waals surface area (Å²) in [6, 6.07) is 4.61. The van der Waals surface area contributed by atoms with Gasteiger partial charge >= 0.3 is 0 Å². The highest BCUT2D eigenvalue weighted by atomic mass is 19.2. The van der Waals surface area contributed by atoms with E-state index in [1.54, 1.807) is 12.1 Å². The molecule has 0 unspecified atom stereocenters. The van der Waals surface area contributed by atoms with Crippen LogP contribution < -0.4 is 0 Å². The van der Waals surface area contributed by atoms with Gasteiger partial charge in [0.05, 0.1) is 5.69 Å². The summed E-state index contributed by atoms with van der Waals surface area (Å²) in [5.74, 6) is -3.11. The molecule has 0 fully saturated rings. The molecule has 2 rings (SSSR count). The van der Waals surface area contributed by atoms with Crippen LogP contribution in [0.3, 0.4) is 0 Å². The molecule has 1 heterocycles. The molecule has 1 nitrogen and oxygen atoms in total. The highest BCUT2D eigenvalue weighted by Crippen LogP contribution is 2.23. The lowest BCUT2D eigenvalue weighted by atomic mass is 10.1. The van der Waals surface area contributed by atoms with Crippen molar-refractivity contribution in [3.8, 4) is 11.3 Å². The molecule has 2 aromatic rings. The molecule has 0 bridgehead atoms. The summed E-state index contributed by atoms with van der Waals surface area (Å²) in [6.07, 6.45) is 1.54. The zero-order chi connectivity index (χ0) is 11.7. The molecular weight excluding hydrogens is 215 g/mol. The molecular formula is C12H8F3N. The maximum Gasteiger partial charge on any atom is 0.161 e. The standard InChI is InChI=1S/C12H8F3N/c1-7-2-3-12(16-6-7)8-4-10(14)11(15)5-9(8)13/h2-6H,1H3. The van der Waals surface area contributed by atoms with Crippen molar-refractivity contribution in [3.63, 3.8) is 0 Å². The Morgan fingerprint density at radius 1 is 0.938 bits per heavy atom. The Labute approximate surface area is 90.6 Å². The Bertz CT molecular complexity index is 521.